The van der Waals surface area contributed by atoms with E-state index < -0.39 is 5.97 Å². The van der Waals surface area contributed by atoms with Gasteiger partial charge in [-0.3, -0.25) is 4.79 Å². The molecule has 0 spiro atoms. The van der Waals surface area contributed by atoms with Gasteiger partial charge in [-0.1, -0.05) is 30.3 Å². The number of piperazine rings is 1. The standard InChI is InChI=1S/C30H28BrN3O5/c1-2-38-27-18-22(17-26(31)28(27)39-20-21-8-10-23(11-9-21)30(36)37)16-24(19-32)29(35)34-14-12-33(13-15-34)25-6-4-3-5-7-25/h3-11,16-18H,2,12-15,20H2,1H3,(H,36,37)/b24-16-. The summed E-state index contributed by atoms with van der Waals surface area (Å²) in [5.74, 6) is -0.360. The van der Waals surface area contributed by atoms with Gasteiger partial charge in [-0.15, -0.1) is 0 Å². The normalized spacial score (nSPS) is 13.5. The quantitative estimate of drug-likeness (QED) is 0.264. The average molecular weight is 590 g/mol. The highest BCUT2D eigenvalue weighted by atomic mass is 79.9. The van der Waals surface area contributed by atoms with E-state index >= 15 is 0 Å². The highest BCUT2D eigenvalue weighted by Crippen LogP contribution is 2.38. The van der Waals surface area contributed by atoms with Crippen LogP contribution in [-0.2, 0) is 11.4 Å². The predicted octanol–water partition coefficient (Wildman–Crippen LogP) is 5.38. The molecule has 1 amide bonds. The number of carboxylic acids is 1. The lowest BCUT2D eigenvalue weighted by Gasteiger charge is -2.36. The molecule has 0 bridgehead atoms. The number of anilines is 1. The Labute approximate surface area is 235 Å². The zero-order chi connectivity index (χ0) is 27.8. The lowest BCUT2D eigenvalue weighted by atomic mass is 10.1. The van der Waals surface area contributed by atoms with Crippen LogP contribution in [0.25, 0.3) is 6.08 Å². The molecule has 4 rings (SSSR count). The zero-order valence-corrected chi connectivity index (χ0v) is 23.1. The van der Waals surface area contributed by atoms with E-state index in [1.807, 2.05) is 37.3 Å². The van der Waals surface area contributed by atoms with Crippen LogP contribution < -0.4 is 14.4 Å². The van der Waals surface area contributed by atoms with Crippen LogP contribution in [0.1, 0.15) is 28.4 Å². The molecule has 39 heavy (non-hydrogen) atoms. The zero-order valence-electron chi connectivity index (χ0n) is 21.5. The van der Waals surface area contributed by atoms with Gasteiger partial charge in [-0.25, -0.2) is 4.79 Å². The molecule has 0 saturated carbocycles. The summed E-state index contributed by atoms with van der Waals surface area (Å²) >= 11 is 3.53. The van der Waals surface area contributed by atoms with E-state index in [2.05, 4.69) is 26.9 Å². The van der Waals surface area contributed by atoms with Crippen LogP contribution in [0.15, 0.2) is 76.8 Å². The molecule has 0 radical (unpaired) electrons. The number of nitrogens with zero attached hydrogens (tertiary/aromatic N) is 3. The van der Waals surface area contributed by atoms with Crippen LogP contribution >= 0.6 is 15.9 Å². The van der Waals surface area contributed by atoms with Crippen molar-refractivity contribution >= 4 is 39.6 Å². The van der Waals surface area contributed by atoms with Gasteiger partial charge in [0.05, 0.1) is 16.6 Å². The number of carbonyl (C=O) groups is 2. The molecular weight excluding hydrogens is 562 g/mol. The van der Waals surface area contributed by atoms with E-state index in [4.69, 9.17) is 14.6 Å². The van der Waals surface area contributed by atoms with Crippen LogP contribution in [0.4, 0.5) is 5.69 Å². The maximum atomic E-state index is 13.2. The molecule has 1 aliphatic heterocycles. The van der Waals surface area contributed by atoms with Crippen molar-refractivity contribution in [3.63, 3.8) is 0 Å². The monoisotopic (exact) mass is 589 g/mol. The second kappa shape index (κ2) is 13.0. The number of para-hydroxylation sites is 1. The summed E-state index contributed by atoms with van der Waals surface area (Å²) in [7, 11) is 0. The van der Waals surface area contributed by atoms with Gasteiger partial charge in [0, 0.05) is 31.9 Å². The molecule has 3 aromatic rings. The van der Waals surface area contributed by atoms with Crippen molar-refractivity contribution in [2.45, 2.75) is 13.5 Å². The maximum absolute atomic E-state index is 13.2. The summed E-state index contributed by atoms with van der Waals surface area (Å²) in [5, 5.41) is 18.9. The minimum absolute atomic E-state index is 0.0460. The fraction of sp³-hybridized carbons (Fsp3) is 0.233. The van der Waals surface area contributed by atoms with E-state index in [9.17, 15) is 14.9 Å². The lowest BCUT2D eigenvalue weighted by molar-refractivity contribution is -0.126. The molecule has 0 aromatic heterocycles. The van der Waals surface area contributed by atoms with Crippen molar-refractivity contribution in [2.24, 2.45) is 0 Å². The molecule has 0 unspecified atom stereocenters. The second-order valence-electron chi connectivity index (χ2n) is 8.84. The molecule has 3 aromatic carbocycles. The van der Waals surface area contributed by atoms with E-state index in [0.717, 1.165) is 11.3 Å². The van der Waals surface area contributed by atoms with E-state index in [-0.39, 0.29) is 23.7 Å². The smallest absolute Gasteiger partial charge is 0.335 e. The number of hydrogen-bond donors (Lipinski definition) is 1. The number of halogens is 1. The Morgan fingerprint density at radius 1 is 1.03 bits per heavy atom. The van der Waals surface area contributed by atoms with Crippen molar-refractivity contribution < 1.29 is 24.2 Å². The Bertz CT molecular complexity index is 1390. The lowest BCUT2D eigenvalue weighted by Crippen LogP contribution is -2.49. The number of carbonyl (C=O) groups excluding carboxylic acids is 1. The highest BCUT2D eigenvalue weighted by molar-refractivity contribution is 9.10. The molecule has 0 aliphatic carbocycles. The Balaban J connectivity index is 1.47. The molecule has 1 N–H and O–H groups in total. The largest absolute Gasteiger partial charge is 0.490 e. The van der Waals surface area contributed by atoms with Gasteiger partial charge in [0.25, 0.3) is 5.91 Å². The first-order valence-corrected chi connectivity index (χ1v) is 13.3. The average Bonchev–Trinajstić information content (AvgIpc) is 2.96. The van der Waals surface area contributed by atoms with Gasteiger partial charge in [0.1, 0.15) is 18.2 Å². The molecule has 1 heterocycles. The number of aromatic carboxylic acids is 1. The molecule has 9 heteroatoms. The first-order chi connectivity index (χ1) is 18.9. The van der Waals surface area contributed by atoms with Crippen LogP contribution in [-0.4, -0.2) is 54.7 Å². The fourth-order valence-corrected chi connectivity index (χ4v) is 4.83. The molecule has 1 fully saturated rings. The predicted molar refractivity (Wildman–Crippen MR) is 152 cm³/mol. The Hall–Kier alpha value is -4.29. The van der Waals surface area contributed by atoms with Crippen molar-refractivity contribution in [3.8, 4) is 17.6 Å². The van der Waals surface area contributed by atoms with E-state index in [1.54, 1.807) is 35.2 Å². The summed E-state index contributed by atoms with van der Waals surface area (Å²) in [6.45, 7) is 4.88. The van der Waals surface area contributed by atoms with Crippen molar-refractivity contribution in [1.82, 2.24) is 4.90 Å². The van der Waals surface area contributed by atoms with Gasteiger partial charge < -0.3 is 24.4 Å². The van der Waals surface area contributed by atoms with Crippen LogP contribution in [0.2, 0.25) is 0 Å². The number of hydrogen-bond acceptors (Lipinski definition) is 6. The molecule has 1 aliphatic rings. The Morgan fingerprint density at radius 2 is 1.72 bits per heavy atom. The van der Waals surface area contributed by atoms with Crippen molar-refractivity contribution in [1.29, 1.82) is 5.26 Å². The number of amides is 1. The molecular formula is C30H28BrN3O5. The van der Waals surface area contributed by atoms with E-state index in [1.165, 1.54) is 12.1 Å². The minimum Gasteiger partial charge on any atom is -0.490 e. The third kappa shape index (κ3) is 6.98. The SMILES string of the molecule is CCOc1cc(/C=C(/C#N)C(=O)N2CCN(c3ccccc3)CC2)cc(Br)c1OCc1ccc(C(=O)O)cc1. The van der Waals surface area contributed by atoms with Gasteiger partial charge in [-0.05, 0) is 76.5 Å². The summed E-state index contributed by atoms with van der Waals surface area (Å²) < 4.78 is 12.4. The van der Waals surface area contributed by atoms with Crippen LogP contribution in [0.5, 0.6) is 11.5 Å². The van der Waals surface area contributed by atoms with Gasteiger partial charge in [-0.2, -0.15) is 5.26 Å². The van der Waals surface area contributed by atoms with Gasteiger partial charge >= 0.3 is 5.97 Å². The van der Waals surface area contributed by atoms with Crippen LogP contribution in [0.3, 0.4) is 0 Å². The second-order valence-corrected chi connectivity index (χ2v) is 9.69. The molecule has 200 valence electrons. The van der Waals surface area contributed by atoms with Gasteiger partial charge in [0.15, 0.2) is 11.5 Å². The number of benzene rings is 3. The van der Waals surface area contributed by atoms with Crippen LogP contribution in [0, 0.1) is 11.3 Å². The third-order valence-electron chi connectivity index (χ3n) is 6.27. The number of carboxylic acid groups (broad SMARTS) is 1. The fourth-order valence-electron chi connectivity index (χ4n) is 4.26. The minimum atomic E-state index is -0.989. The number of ether oxygens (including phenoxy) is 2. The first kappa shape index (κ1) is 27.7. The maximum Gasteiger partial charge on any atom is 0.335 e. The number of nitriles is 1. The summed E-state index contributed by atoms with van der Waals surface area (Å²) in [6, 6.07) is 22.1. The Morgan fingerprint density at radius 3 is 2.33 bits per heavy atom. The van der Waals surface area contributed by atoms with Gasteiger partial charge in [0.2, 0.25) is 0 Å². The third-order valence-corrected chi connectivity index (χ3v) is 6.85. The van der Waals surface area contributed by atoms with E-state index in [0.29, 0.717) is 54.3 Å². The summed E-state index contributed by atoms with van der Waals surface area (Å²) in [6.07, 6.45) is 1.56. The highest BCUT2D eigenvalue weighted by Gasteiger charge is 2.24. The summed E-state index contributed by atoms with van der Waals surface area (Å²) in [4.78, 5) is 28.2. The Kier molecular flexibility index (Phi) is 9.23. The van der Waals surface area contributed by atoms with Crippen molar-refractivity contribution in [3.05, 3.63) is 93.5 Å². The first-order valence-electron chi connectivity index (χ1n) is 12.5. The molecule has 1 saturated heterocycles. The molecule has 8 nitrogen and oxygen atoms in total. The summed E-state index contributed by atoms with van der Waals surface area (Å²) in [5.41, 5.74) is 2.78. The molecule has 0 atom stereocenters. The number of rotatable bonds is 9. The van der Waals surface area contributed by atoms with Crippen molar-refractivity contribution in [2.75, 3.05) is 37.7 Å². The topological polar surface area (TPSA) is 103 Å².